The number of aromatic nitrogens is 2. The largest absolute Gasteiger partial charge is 0.367 e. The third-order valence-electron chi connectivity index (χ3n) is 5.06. The van der Waals surface area contributed by atoms with Gasteiger partial charge < -0.3 is 9.80 Å². The van der Waals surface area contributed by atoms with Crippen LogP contribution in [0.5, 0.6) is 0 Å². The van der Waals surface area contributed by atoms with E-state index in [0.29, 0.717) is 37.4 Å². The second-order valence-corrected chi connectivity index (χ2v) is 8.91. The monoisotopic (exact) mass is 427 g/mol. The Morgan fingerprint density at radius 2 is 1.87 bits per heavy atom. The van der Waals surface area contributed by atoms with E-state index in [2.05, 4.69) is 4.98 Å². The minimum absolute atomic E-state index is 0.0184. The van der Waals surface area contributed by atoms with E-state index in [1.807, 2.05) is 11.0 Å². The van der Waals surface area contributed by atoms with Crippen LogP contribution in [0.4, 0.5) is 10.1 Å². The van der Waals surface area contributed by atoms with Crippen LogP contribution in [-0.4, -0.2) is 61.0 Å². The fraction of sp³-hybridized carbons (Fsp3) is 0.250. The topological polar surface area (TPSA) is 98.8 Å². The predicted octanol–water partition coefficient (Wildman–Crippen LogP) is 1.71. The normalized spacial score (nSPS) is 14.7. The number of piperazine rings is 1. The molecule has 0 aliphatic carbocycles. The van der Waals surface area contributed by atoms with Crippen molar-refractivity contribution in [2.45, 2.75) is 5.16 Å². The van der Waals surface area contributed by atoms with E-state index in [1.165, 1.54) is 10.5 Å². The van der Waals surface area contributed by atoms with Gasteiger partial charge in [-0.3, -0.25) is 9.20 Å². The Labute approximate surface area is 172 Å². The summed E-state index contributed by atoms with van der Waals surface area (Å²) in [4.78, 5) is 20.7. The van der Waals surface area contributed by atoms with Crippen molar-refractivity contribution >= 4 is 26.9 Å². The number of nitrogens with zero attached hydrogens (tertiary/aromatic N) is 5. The third kappa shape index (κ3) is 3.37. The average molecular weight is 427 g/mol. The van der Waals surface area contributed by atoms with Crippen LogP contribution in [-0.2, 0) is 9.84 Å². The minimum Gasteiger partial charge on any atom is -0.367 e. The van der Waals surface area contributed by atoms with Crippen LogP contribution in [0.25, 0.3) is 5.52 Å². The molecule has 1 saturated heterocycles. The Hall–Kier alpha value is -3.45. The van der Waals surface area contributed by atoms with E-state index in [4.69, 9.17) is 0 Å². The number of halogens is 1. The summed E-state index contributed by atoms with van der Waals surface area (Å²) in [5, 5.41) is 9.06. The first-order valence-corrected chi connectivity index (χ1v) is 11.1. The molecule has 1 amide bonds. The molecule has 0 N–H and O–H groups in total. The first-order valence-electron chi connectivity index (χ1n) is 9.21. The number of imidazole rings is 1. The van der Waals surface area contributed by atoms with Crippen LogP contribution in [0, 0.1) is 17.1 Å². The molecule has 0 unspecified atom stereocenters. The maximum atomic E-state index is 13.9. The summed E-state index contributed by atoms with van der Waals surface area (Å²) in [6, 6.07) is 11.4. The van der Waals surface area contributed by atoms with Crippen LogP contribution in [0.15, 0.2) is 47.8 Å². The van der Waals surface area contributed by atoms with Gasteiger partial charge in [0.05, 0.1) is 11.2 Å². The number of rotatable bonds is 3. The number of nitriles is 1. The molecule has 1 fully saturated rings. The van der Waals surface area contributed by atoms with Crippen molar-refractivity contribution in [1.82, 2.24) is 14.3 Å². The molecule has 1 aliphatic rings. The first kappa shape index (κ1) is 19.8. The van der Waals surface area contributed by atoms with Crippen molar-refractivity contribution in [1.29, 1.82) is 5.26 Å². The van der Waals surface area contributed by atoms with Crippen molar-refractivity contribution < 1.29 is 17.6 Å². The van der Waals surface area contributed by atoms with E-state index >= 15 is 0 Å². The van der Waals surface area contributed by atoms with Gasteiger partial charge in [-0.1, -0.05) is 12.1 Å². The zero-order valence-corrected chi connectivity index (χ0v) is 16.9. The van der Waals surface area contributed by atoms with Crippen LogP contribution in [0.2, 0.25) is 0 Å². The Morgan fingerprint density at radius 1 is 1.13 bits per heavy atom. The van der Waals surface area contributed by atoms with Gasteiger partial charge in [0, 0.05) is 38.6 Å². The number of sulfone groups is 1. The number of benzene rings is 1. The predicted molar refractivity (Wildman–Crippen MR) is 108 cm³/mol. The van der Waals surface area contributed by atoms with Crippen LogP contribution in [0.3, 0.4) is 0 Å². The summed E-state index contributed by atoms with van der Waals surface area (Å²) >= 11 is 0. The lowest BCUT2D eigenvalue weighted by Crippen LogP contribution is -2.49. The highest BCUT2D eigenvalue weighted by atomic mass is 32.2. The fourth-order valence-corrected chi connectivity index (χ4v) is 4.39. The van der Waals surface area contributed by atoms with Crippen molar-refractivity contribution in [3.05, 3.63) is 59.7 Å². The zero-order valence-electron chi connectivity index (χ0n) is 16.1. The lowest BCUT2D eigenvalue weighted by atomic mass is 10.1. The number of anilines is 1. The Bertz CT molecular complexity index is 1290. The van der Waals surface area contributed by atoms with Gasteiger partial charge in [0.25, 0.3) is 5.91 Å². The third-order valence-corrected chi connectivity index (χ3v) is 6.01. The highest BCUT2D eigenvalue weighted by Gasteiger charge is 2.29. The molecule has 8 nitrogen and oxygen atoms in total. The molecule has 0 bridgehead atoms. The number of carbonyl (C=O) groups excluding carboxylic acids is 1. The van der Waals surface area contributed by atoms with Gasteiger partial charge in [-0.2, -0.15) is 5.26 Å². The van der Waals surface area contributed by atoms with Crippen molar-refractivity contribution in [2.24, 2.45) is 0 Å². The van der Waals surface area contributed by atoms with Crippen LogP contribution in [0.1, 0.15) is 16.1 Å². The Morgan fingerprint density at radius 3 is 2.53 bits per heavy atom. The smallest absolute Gasteiger partial charge is 0.274 e. The van der Waals surface area contributed by atoms with Gasteiger partial charge in [0.2, 0.25) is 15.0 Å². The minimum atomic E-state index is -3.62. The molecule has 154 valence electrons. The second-order valence-electron chi connectivity index (χ2n) is 7.00. The molecule has 30 heavy (non-hydrogen) atoms. The summed E-state index contributed by atoms with van der Waals surface area (Å²) in [6.07, 6.45) is 2.61. The van der Waals surface area contributed by atoms with Crippen molar-refractivity contribution in [3.63, 3.8) is 0 Å². The SMILES string of the molecule is CS(=O)(=O)c1nc(C(=O)N2CCN(c3cccc(F)c3C#N)CC2)c2ccccn12. The van der Waals surface area contributed by atoms with Gasteiger partial charge in [-0.15, -0.1) is 0 Å². The van der Waals surface area contributed by atoms with E-state index in [-0.39, 0.29) is 22.3 Å². The molecule has 0 saturated carbocycles. The van der Waals surface area contributed by atoms with Gasteiger partial charge in [-0.25, -0.2) is 17.8 Å². The highest BCUT2D eigenvalue weighted by Crippen LogP contribution is 2.25. The summed E-state index contributed by atoms with van der Waals surface area (Å²) < 4.78 is 39.4. The number of fused-ring (bicyclic) bond motifs is 1. The standard InChI is InChI=1S/C20H18FN5O3S/c1-30(28,29)20-23-18(17-6-2-3-8-26(17)20)19(27)25-11-9-24(10-12-25)16-7-4-5-15(21)14(16)13-22/h2-8H,9-12H2,1H3. The lowest BCUT2D eigenvalue weighted by molar-refractivity contribution is 0.0743. The molecular weight excluding hydrogens is 409 g/mol. The highest BCUT2D eigenvalue weighted by molar-refractivity contribution is 7.90. The molecular formula is C20H18FN5O3S. The van der Waals surface area contributed by atoms with Gasteiger partial charge >= 0.3 is 0 Å². The van der Waals surface area contributed by atoms with Crippen LogP contribution < -0.4 is 4.90 Å². The van der Waals surface area contributed by atoms with Gasteiger partial charge in [0.1, 0.15) is 17.4 Å². The lowest BCUT2D eigenvalue weighted by Gasteiger charge is -2.36. The van der Waals surface area contributed by atoms with Crippen molar-refractivity contribution in [2.75, 3.05) is 37.3 Å². The van der Waals surface area contributed by atoms with E-state index < -0.39 is 15.7 Å². The van der Waals surface area contributed by atoms with Gasteiger partial charge in [-0.05, 0) is 24.3 Å². The molecule has 10 heteroatoms. The number of hydrogen-bond acceptors (Lipinski definition) is 6. The number of hydrogen-bond donors (Lipinski definition) is 0. The van der Waals surface area contributed by atoms with Crippen molar-refractivity contribution in [3.8, 4) is 6.07 Å². The molecule has 3 aromatic rings. The maximum absolute atomic E-state index is 13.9. The Balaban J connectivity index is 1.59. The molecule has 1 aliphatic heterocycles. The van der Waals surface area contributed by atoms with Gasteiger partial charge in [0.15, 0.2) is 5.69 Å². The number of amides is 1. The first-order chi connectivity index (χ1) is 14.3. The zero-order chi connectivity index (χ0) is 21.5. The summed E-state index contributed by atoms with van der Waals surface area (Å²) in [5.74, 6) is -0.945. The van der Waals surface area contributed by atoms with E-state index in [1.54, 1.807) is 41.4 Å². The molecule has 0 atom stereocenters. The number of pyridine rings is 1. The molecule has 4 rings (SSSR count). The summed E-state index contributed by atoms with van der Waals surface area (Å²) in [6.45, 7) is 1.49. The average Bonchev–Trinajstić information content (AvgIpc) is 3.13. The molecule has 0 radical (unpaired) electrons. The fourth-order valence-electron chi connectivity index (χ4n) is 3.62. The molecule has 1 aromatic carbocycles. The quantitative estimate of drug-likeness (QED) is 0.631. The van der Waals surface area contributed by atoms with Crippen LogP contribution >= 0.6 is 0 Å². The Kier molecular flexibility index (Phi) is 4.91. The molecule has 0 spiro atoms. The maximum Gasteiger partial charge on any atom is 0.274 e. The molecule has 2 aromatic heterocycles. The molecule has 3 heterocycles. The summed E-state index contributed by atoms with van der Waals surface area (Å²) in [7, 11) is -3.62. The summed E-state index contributed by atoms with van der Waals surface area (Å²) in [5.41, 5.74) is 0.974. The van der Waals surface area contributed by atoms with E-state index in [0.717, 1.165) is 6.26 Å². The number of carbonyl (C=O) groups is 1. The van der Waals surface area contributed by atoms with E-state index in [9.17, 15) is 22.9 Å². The second kappa shape index (κ2) is 7.42.